The van der Waals surface area contributed by atoms with E-state index in [0.29, 0.717) is 36.0 Å². The van der Waals surface area contributed by atoms with Gasteiger partial charge >= 0.3 is 0 Å². The second kappa shape index (κ2) is 8.46. The standard InChI is InChI=1S/C22H21N7O2S/c23-20(31)14-5-7-15(8-6-14)21-25-27-29(26-21)13-19(30)28-11-9-16(10-12-28)22-24-17-3-1-2-4-18(17)32-22/h1-8,16H,9-13H2,(H2,23,31). The van der Waals surface area contributed by atoms with Crippen molar-refractivity contribution in [2.45, 2.75) is 25.3 Å². The largest absolute Gasteiger partial charge is 0.366 e. The normalized spacial score (nSPS) is 14.7. The summed E-state index contributed by atoms with van der Waals surface area (Å²) in [5.74, 6) is 0.255. The van der Waals surface area contributed by atoms with Crippen LogP contribution in [0.5, 0.6) is 0 Å². The number of primary amides is 1. The summed E-state index contributed by atoms with van der Waals surface area (Å²) in [6.07, 6.45) is 1.79. The lowest BCUT2D eigenvalue weighted by molar-refractivity contribution is -0.133. The lowest BCUT2D eigenvalue weighted by Gasteiger charge is -2.30. The Morgan fingerprint density at radius 2 is 1.81 bits per heavy atom. The summed E-state index contributed by atoms with van der Waals surface area (Å²) in [6, 6.07) is 14.8. The fraction of sp³-hybridized carbons (Fsp3) is 0.273. The van der Waals surface area contributed by atoms with Gasteiger partial charge < -0.3 is 10.6 Å². The molecule has 4 aromatic rings. The second-order valence-corrected chi connectivity index (χ2v) is 8.82. The van der Waals surface area contributed by atoms with Crippen LogP contribution < -0.4 is 5.73 Å². The molecule has 0 atom stereocenters. The van der Waals surface area contributed by atoms with Gasteiger partial charge in [-0.15, -0.1) is 21.5 Å². The number of fused-ring (bicyclic) bond motifs is 1. The van der Waals surface area contributed by atoms with Gasteiger partial charge in [-0.05, 0) is 42.3 Å². The number of carbonyl (C=O) groups is 2. The maximum Gasteiger partial charge on any atom is 0.248 e. The Kier molecular flexibility index (Phi) is 5.36. The van der Waals surface area contributed by atoms with Crippen molar-refractivity contribution in [1.29, 1.82) is 0 Å². The van der Waals surface area contributed by atoms with E-state index in [1.165, 1.54) is 9.50 Å². The van der Waals surface area contributed by atoms with Crippen LogP contribution in [0.2, 0.25) is 0 Å². The molecule has 0 aliphatic carbocycles. The molecule has 5 rings (SSSR count). The number of tetrazole rings is 1. The van der Waals surface area contributed by atoms with Crippen LogP contribution in [-0.4, -0.2) is 55.0 Å². The Balaban J connectivity index is 1.18. The van der Waals surface area contributed by atoms with E-state index in [4.69, 9.17) is 10.7 Å². The predicted octanol–water partition coefficient (Wildman–Crippen LogP) is 2.45. The van der Waals surface area contributed by atoms with Crippen LogP contribution >= 0.6 is 11.3 Å². The maximum atomic E-state index is 12.7. The number of para-hydroxylation sites is 1. The van der Waals surface area contributed by atoms with Crippen LogP contribution in [0.4, 0.5) is 0 Å². The van der Waals surface area contributed by atoms with Crippen molar-refractivity contribution in [3.05, 3.63) is 59.1 Å². The number of carbonyl (C=O) groups excluding carboxylic acids is 2. The van der Waals surface area contributed by atoms with Crippen molar-refractivity contribution in [3.63, 3.8) is 0 Å². The molecule has 1 aliphatic rings. The first-order valence-electron chi connectivity index (χ1n) is 10.4. The minimum Gasteiger partial charge on any atom is -0.366 e. The quantitative estimate of drug-likeness (QED) is 0.502. The Morgan fingerprint density at radius 3 is 2.53 bits per heavy atom. The van der Waals surface area contributed by atoms with Crippen LogP contribution in [0.3, 0.4) is 0 Å². The number of hydrogen-bond acceptors (Lipinski definition) is 7. The van der Waals surface area contributed by atoms with Gasteiger partial charge in [0.1, 0.15) is 6.54 Å². The molecule has 2 aromatic heterocycles. The molecule has 2 aromatic carbocycles. The number of rotatable bonds is 5. The number of aromatic nitrogens is 5. The minimum atomic E-state index is -0.495. The summed E-state index contributed by atoms with van der Waals surface area (Å²) < 4.78 is 1.21. The number of piperidine rings is 1. The molecule has 9 nitrogen and oxygen atoms in total. The monoisotopic (exact) mass is 447 g/mol. The molecule has 1 fully saturated rings. The molecule has 0 bridgehead atoms. The van der Waals surface area contributed by atoms with Gasteiger partial charge in [-0.2, -0.15) is 4.80 Å². The van der Waals surface area contributed by atoms with Gasteiger partial charge in [-0.25, -0.2) is 4.98 Å². The van der Waals surface area contributed by atoms with Crippen molar-refractivity contribution in [1.82, 2.24) is 30.1 Å². The van der Waals surface area contributed by atoms with Crippen molar-refractivity contribution >= 4 is 33.4 Å². The first kappa shape index (κ1) is 20.3. The van der Waals surface area contributed by atoms with Crippen LogP contribution in [0.15, 0.2) is 48.5 Å². The highest BCUT2D eigenvalue weighted by molar-refractivity contribution is 7.18. The molecule has 3 heterocycles. The van der Waals surface area contributed by atoms with E-state index in [0.717, 1.165) is 23.4 Å². The number of hydrogen-bond donors (Lipinski definition) is 1. The van der Waals surface area contributed by atoms with E-state index >= 15 is 0 Å². The third-order valence-electron chi connectivity index (χ3n) is 5.66. The van der Waals surface area contributed by atoms with Gasteiger partial charge in [0.05, 0.1) is 15.2 Å². The molecule has 1 aliphatic heterocycles. The van der Waals surface area contributed by atoms with E-state index in [1.54, 1.807) is 35.6 Å². The molecular weight excluding hydrogens is 426 g/mol. The number of nitrogens with two attached hydrogens (primary N) is 1. The fourth-order valence-corrected chi connectivity index (χ4v) is 5.01. The maximum absolute atomic E-state index is 12.7. The SMILES string of the molecule is NC(=O)c1ccc(-c2nnn(CC(=O)N3CCC(c4nc5ccccc5s4)CC3)n2)cc1. The molecule has 2 N–H and O–H groups in total. The molecule has 32 heavy (non-hydrogen) atoms. The lowest BCUT2D eigenvalue weighted by Crippen LogP contribution is -2.40. The van der Waals surface area contributed by atoms with Crippen LogP contribution in [0, 0.1) is 0 Å². The average Bonchev–Trinajstić information content (AvgIpc) is 3.46. The fourth-order valence-electron chi connectivity index (χ4n) is 3.87. The Labute approximate surface area is 187 Å². The van der Waals surface area contributed by atoms with Crippen molar-refractivity contribution < 1.29 is 9.59 Å². The lowest BCUT2D eigenvalue weighted by atomic mass is 9.97. The van der Waals surface area contributed by atoms with Gasteiger partial charge in [-0.1, -0.05) is 24.3 Å². The number of likely N-dealkylation sites (tertiary alicyclic amines) is 1. The van der Waals surface area contributed by atoms with Gasteiger partial charge in [0, 0.05) is 30.1 Å². The molecule has 10 heteroatoms. The first-order chi connectivity index (χ1) is 15.6. The second-order valence-electron chi connectivity index (χ2n) is 7.76. The van der Waals surface area contributed by atoms with E-state index in [1.807, 2.05) is 23.1 Å². The summed E-state index contributed by atoms with van der Waals surface area (Å²) in [4.78, 5) is 31.9. The van der Waals surface area contributed by atoms with Gasteiger partial charge in [0.2, 0.25) is 17.6 Å². The molecule has 162 valence electrons. The van der Waals surface area contributed by atoms with Gasteiger partial charge in [-0.3, -0.25) is 9.59 Å². The van der Waals surface area contributed by atoms with E-state index in [2.05, 4.69) is 21.5 Å². The van der Waals surface area contributed by atoms with E-state index in [-0.39, 0.29) is 12.5 Å². The Bertz CT molecular complexity index is 1240. The predicted molar refractivity (Wildman–Crippen MR) is 120 cm³/mol. The molecule has 1 saturated heterocycles. The number of thiazole rings is 1. The third-order valence-corrected chi connectivity index (χ3v) is 6.86. The zero-order valence-corrected chi connectivity index (χ0v) is 18.0. The zero-order chi connectivity index (χ0) is 22.1. The van der Waals surface area contributed by atoms with Crippen LogP contribution in [-0.2, 0) is 11.3 Å². The smallest absolute Gasteiger partial charge is 0.248 e. The topological polar surface area (TPSA) is 120 Å². The Morgan fingerprint density at radius 1 is 1.06 bits per heavy atom. The molecular formula is C22H21N7O2S. The molecule has 0 saturated carbocycles. The molecule has 0 radical (unpaired) electrons. The molecule has 0 unspecified atom stereocenters. The van der Waals surface area contributed by atoms with Crippen LogP contribution in [0.1, 0.15) is 34.1 Å². The van der Waals surface area contributed by atoms with Gasteiger partial charge in [0.15, 0.2) is 0 Å². The minimum absolute atomic E-state index is 0.0271. The average molecular weight is 448 g/mol. The van der Waals surface area contributed by atoms with Crippen molar-refractivity contribution in [3.8, 4) is 11.4 Å². The third kappa shape index (κ3) is 4.09. The van der Waals surface area contributed by atoms with Gasteiger partial charge in [0.25, 0.3) is 0 Å². The first-order valence-corrected chi connectivity index (χ1v) is 11.2. The highest BCUT2D eigenvalue weighted by atomic mass is 32.1. The van der Waals surface area contributed by atoms with Crippen molar-refractivity contribution in [2.24, 2.45) is 5.73 Å². The number of nitrogens with zero attached hydrogens (tertiary/aromatic N) is 6. The summed E-state index contributed by atoms with van der Waals surface area (Å²) in [5.41, 5.74) is 7.41. The van der Waals surface area contributed by atoms with E-state index in [9.17, 15) is 9.59 Å². The summed E-state index contributed by atoms with van der Waals surface area (Å²) in [6.45, 7) is 1.42. The zero-order valence-electron chi connectivity index (χ0n) is 17.2. The van der Waals surface area contributed by atoms with E-state index < -0.39 is 5.91 Å². The number of amides is 2. The number of benzene rings is 2. The summed E-state index contributed by atoms with van der Waals surface area (Å²) in [5, 5.41) is 13.5. The molecule has 0 spiro atoms. The summed E-state index contributed by atoms with van der Waals surface area (Å²) >= 11 is 1.75. The highest BCUT2D eigenvalue weighted by Crippen LogP contribution is 2.33. The summed E-state index contributed by atoms with van der Waals surface area (Å²) in [7, 11) is 0. The molecule has 2 amide bonds. The van der Waals surface area contributed by atoms with Crippen molar-refractivity contribution in [2.75, 3.05) is 13.1 Å². The highest BCUT2D eigenvalue weighted by Gasteiger charge is 2.26. The van der Waals surface area contributed by atoms with Crippen LogP contribution in [0.25, 0.3) is 21.6 Å². The Hall–Kier alpha value is -3.66.